The van der Waals surface area contributed by atoms with Crippen LogP contribution in [0, 0.1) is 6.42 Å². The molecule has 0 saturated carbocycles. The van der Waals surface area contributed by atoms with E-state index in [1.165, 1.54) is 0 Å². The van der Waals surface area contributed by atoms with Crippen LogP contribution in [0.25, 0.3) is 21.5 Å². The summed E-state index contributed by atoms with van der Waals surface area (Å²) < 4.78 is 0. The minimum Gasteiger partial charge on any atom is -0.368 e. The minimum absolute atomic E-state index is 0.134. The van der Waals surface area contributed by atoms with Crippen molar-refractivity contribution < 1.29 is 9.59 Å². The Labute approximate surface area is 136 Å². The molecular formula is C16H15N4O2S. The summed E-state index contributed by atoms with van der Waals surface area (Å²) in [4.78, 5) is 31.7. The predicted octanol–water partition coefficient (Wildman–Crippen LogP) is 1.84. The fraction of sp³-hybridized carbons (Fsp3) is 0.125. The second kappa shape index (κ2) is 6.62. The van der Waals surface area contributed by atoms with Gasteiger partial charge in [0.25, 0.3) is 0 Å². The molecule has 0 aliphatic rings. The zero-order valence-electron chi connectivity index (χ0n) is 12.2. The maximum Gasteiger partial charge on any atom is 0.236 e. The molecule has 0 aromatic carbocycles. The number of hydrogen-bond acceptors (Lipinski definition) is 4. The van der Waals surface area contributed by atoms with Crippen LogP contribution < -0.4 is 11.1 Å². The highest BCUT2D eigenvalue weighted by molar-refractivity contribution is 7.15. The van der Waals surface area contributed by atoms with E-state index in [2.05, 4.69) is 15.3 Å². The van der Waals surface area contributed by atoms with E-state index in [4.69, 9.17) is 5.73 Å². The first-order valence-electron chi connectivity index (χ1n) is 7.04. The number of fused-ring (bicyclic) bond motifs is 1. The molecule has 0 aliphatic carbocycles. The number of primary amides is 1. The maximum absolute atomic E-state index is 11.6. The summed E-state index contributed by atoms with van der Waals surface area (Å²) in [5, 5.41) is 3.53. The zero-order chi connectivity index (χ0) is 16.2. The number of pyridine rings is 1. The number of rotatable bonds is 6. The van der Waals surface area contributed by atoms with Crippen molar-refractivity contribution in [2.24, 2.45) is 5.73 Å². The quantitative estimate of drug-likeness (QED) is 0.644. The van der Waals surface area contributed by atoms with Gasteiger partial charge in [-0.2, -0.15) is 0 Å². The van der Waals surface area contributed by atoms with Crippen molar-refractivity contribution in [3.63, 3.8) is 0 Å². The standard InChI is InChI=1S/C16H15N4O2S/c17-14(21)9-19-15(22)6-4-10-3-5-13(23-10)12-8-20-16-11(12)2-1-7-18-16/h1-5,7-8H,6,9H2,(H2,17,21)(H,18,20)(H,19,22). The summed E-state index contributed by atoms with van der Waals surface area (Å²) in [6.45, 7) is -0.134. The second-order valence-electron chi connectivity index (χ2n) is 4.96. The topological polar surface area (TPSA) is 101 Å². The van der Waals surface area contributed by atoms with Crippen LogP contribution in [0.4, 0.5) is 0 Å². The van der Waals surface area contributed by atoms with Crippen molar-refractivity contribution in [2.75, 3.05) is 6.54 Å². The number of nitrogens with two attached hydrogens (primary N) is 1. The van der Waals surface area contributed by atoms with Crippen LogP contribution in [-0.2, 0) is 9.59 Å². The molecule has 2 amide bonds. The summed E-state index contributed by atoms with van der Waals surface area (Å²) in [6.07, 6.45) is 5.73. The van der Waals surface area contributed by atoms with Gasteiger partial charge in [-0.3, -0.25) is 9.59 Å². The smallest absolute Gasteiger partial charge is 0.236 e. The molecule has 3 aromatic heterocycles. The van der Waals surface area contributed by atoms with E-state index >= 15 is 0 Å². The van der Waals surface area contributed by atoms with Gasteiger partial charge in [-0.25, -0.2) is 4.98 Å². The number of hydrogen-bond donors (Lipinski definition) is 3. The zero-order valence-corrected chi connectivity index (χ0v) is 13.0. The molecule has 0 unspecified atom stereocenters. The number of H-pyrrole nitrogens is 1. The number of aromatic amines is 1. The van der Waals surface area contributed by atoms with E-state index < -0.39 is 5.91 Å². The van der Waals surface area contributed by atoms with E-state index in [0.717, 1.165) is 26.4 Å². The Bertz CT molecular complexity index is 853. The summed E-state index contributed by atoms with van der Waals surface area (Å²) in [5.41, 5.74) is 6.93. The Balaban J connectivity index is 1.66. The number of amides is 2. The maximum atomic E-state index is 11.6. The summed E-state index contributed by atoms with van der Waals surface area (Å²) in [7, 11) is 0. The molecule has 117 valence electrons. The lowest BCUT2D eigenvalue weighted by molar-refractivity contribution is -0.124. The molecule has 3 rings (SSSR count). The predicted molar refractivity (Wildman–Crippen MR) is 89.6 cm³/mol. The van der Waals surface area contributed by atoms with Crippen LogP contribution in [0.2, 0.25) is 0 Å². The average molecular weight is 327 g/mol. The molecule has 3 heterocycles. The molecule has 7 heteroatoms. The number of aromatic nitrogens is 2. The Morgan fingerprint density at radius 2 is 2.22 bits per heavy atom. The fourth-order valence-corrected chi connectivity index (χ4v) is 3.19. The van der Waals surface area contributed by atoms with Crippen molar-refractivity contribution in [1.29, 1.82) is 0 Å². The molecule has 0 saturated heterocycles. The lowest BCUT2D eigenvalue weighted by Gasteiger charge is -2.00. The van der Waals surface area contributed by atoms with Crippen LogP contribution in [0.3, 0.4) is 0 Å². The average Bonchev–Trinajstić information content (AvgIpc) is 3.17. The summed E-state index contributed by atoms with van der Waals surface area (Å²) >= 11 is 1.60. The largest absolute Gasteiger partial charge is 0.368 e. The van der Waals surface area contributed by atoms with E-state index in [0.29, 0.717) is 0 Å². The molecule has 4 N–H and O–H groups in total. The highest BCUT2D eigenvalue weighted by Crippen LogP contribution is 2.33. The van der Waals surface area contributed by atoms with Gasteiger partial charge in [-0.1, -0.05) is 0 Å². The van der Waals surface area contributed by atoms with E-state index in [-0.39, 0.29) is 18.9 Å². The monoisotopic (exact) mass is 327 g/mol. The fourth-order valence-electron chi connectivity index (χ4n) is 2.22. The van der Waals surface area contributed by atoms with Crippen molar-refractivity contribution in [3.05, 3.63) is 48.0 Å². The molecular weight excluding hydrogens is 312 g/mol. The molecule has 6 nitrogen and oxygen atoms in total. The first-order valence-corrected chi connectivity index (χ1v) is 7.85. The van der Waals surface area contributed by atoms with Crippen LogP contribution >= 0.6 is 11.3 Å². The van der Waals surface area contributed by atoms with Gasteiger partial charge in [0.05, 0.1) is 6.54 Å². The van der Waals surface area contributed by atoms with Gasteiger partial charge in [0, 0.05) is 45.9 Å². The van der Waals surface area contributed by atoms with Gasteiger partial charge in [0.15, 0.2) is 0 Å². The Morgan fingerprint density at radius 3 is 3.04 bits per heavy atom. The number of nitrogens with zero attached hydrogens (tertiary/aromatic N) is 1. The third-order valence-corrected chi connectivity index (χ3v) is 4.41. The van der Waals surface area contributed by atoms with Crippen molar-refractivity contribution in [2.45, 2.75) is 6.42 Å². The van der Waals surface area contributed by atoms with E-state index in [1.54, 1.807) is 17.5 Å². The SMILES string of the molecule is NC(=O)CNC(=O)C[CH]c1ccc(-c2c[nH]c3ncccc23)s1. The first kappa shape index (κ1) is 15.2. The van der Waals surface area contributed by atoms with Gasteiger partial charge in [0.2, 0.25) is 11.8 Å². The second-order valence-corrected chi connectivity index (χ2v) is 6.07. The number of thiophene rings is 1. The van der Waals surface area contributed by atoms with Gasteiger partial charge in [0.1, 0.15) is 5.65 Å². The molecule has 0 atom stereocenters. The third-order valence-electron chi connectivity index (χ3n) is 3.29. The summed E-state index contributed by atoms with van der Waals surface area (Å²) in [5.74, 6) is -0.778. The normalized spacial score (nSPS) is 10.8. The lowest BCUT2D eigenvalue weighted by Crippen LogP contribution is -2.33. The van der Waals surface area contributed by atoms with Gasteiger partial charge < -0.3 is 16.0 Å². The van der Waals surface area contributed by atoms with Crippen molar-refractivity contribution in [3.8, 4) is 10.4 Å². The van der Waals surface area contributed by atoms with E-state index in [1.807, 2.05) is 36.9 Å². The highest BCUT2D eigenvalue weighted by Gasteiger charge is 2.10. The van der Waals surface area contributed by atoms with Crippen LogP contribution in [0.15, 0.2) is 36.7 Å². The summed E-state index contributed by atoms with van der Waals surface area (Å²) in [6, 6.07) is 7.92. The van der Waals surface area contributed by atoms with E-state index in [9.17, 15) is 9.59 Å². The van der Waals surface area contributed by atoms with Crippen molar-refractivity contribution in [1.82, 2.24) is 15.3 Å². The molecule has 0 bridgehead atoms. The Hall–Kier alpha value is -2.67. The number of carbonyl (C=O) groups is 2. The lowest BCUT2D eigenvalue weighted by atomic mass is 10.2. The number of nitrogens with one attached hydrogen (secondary N) is 2. The molecule has 0 aliphatic heterocycles. The van der Waals surface area contributed by atoms with Crippen molar-refractivity contribution >= 4 is 34.2 Å². The third kappa shape index (κ3) is 3.57. The molecule has 0 fully saturated rings. The van der Waals surface area contributed by atoms with Crippen LogP contribution in [0.1, 0.15) is 11.3 Å². The van der Waals surface area contributed by atoms with Gasteiger partial charge >= 0.3 is 0 Å². The first-order chi connectivity index (χ1) is 11.1. The highest BCUT2D eigenvalue weighted by atomic mass is 32.1. The Kier molecular flexibility index (Phi) is 4.38. The van der Waals surface area contributed by atoms with Gasteiger partial charge in [-0.15, -0.1) is 11.3 Å². The number of carbonyl (C=O) groups excluding carboxylic acids is 2. The molecule has 23 heavy (non-hydrogen) atoms. The molecule has 0 spiro atoms. The van der Waals surface area contributed by atoms with Crippen LogP contribution in [0.5, 0.6) is 0 Å². The van der Waals surface area contributed by atoms with Gasteiger partial charge in [-0.05, 0) is 24.3 Å². The Morgan fingerprint density at radius 1 is 1.35 bits per heavy atom. The molecule has 3 aromatic rings. The van der Waals surface area contributed by atoms with Crippen LogP contribution in [-0.4, -0.2) is 28.3 Å². The minimum atomic E-state index is -0.551. The molecule has 1 radical (unpaired) electrons.